The number of anilines is 2. The van der Waals surface area contributed by atoms with Crippen molar-refractivity contribution in [1.82, 2.24) is 0 Å². The zero-order valence-corrected chi connectivity index (χ0v) is 12.2. The SMILES string of the molecule is CC(C(=O)Nc1ccc(N2CCCCC2)cc1)C(N)=NO. The third kappa shape index (κ3) is 3.87. The van der Waals surface area contributed by atoms with Gasteiger partial charge in [0.1, 0.15) is 0 Å². The van der Waals surface area contributed by atoms with E-state index in [4.69, 9.17) is 10.9 Å². The molecule has 0 bridgehead atoms. The lowest BCUT2D eigenvalue weighted by Gasteiger charge is -2.28. The van der Waals surface area contributed by atoms with Crippen LogP contribution in [0.1, 0.15) is 26.2 Å². The van der Waals surface area contributed by atoms with Gasteiger partial charge in [-0.05, 0) is 50.5 Å². The Morgan fingerprint density at radius 3 is 2.48 bits per heavy atom. The van der Waals surface area contributed by atoms with E-state index in [-0.39, 0.29) is 11.7 Å². The van der Waals surface area contributed by atoms with Crippen molar-refractivity contribution in [3.63, 3.8) is 0 Å². The number of hydrogen-bond donors (Lipinski definition) is 3. The van der Waals surface area contributed by atoms with Crippen LogP contribution in [0.4, 0.5) is 11.4 Å². The average molecular weight is 290 g/mol. The minimum absolute atomic E-state index is 0.0996. The van der Waals surface area contributed by atoms with Gasteiger partial charge < -0.3 is 21.2 Å². The molecule has 0 spiro atoms. The molecule has 1 amide bonds. The Labute approximate surface area is 124 Å². The average Bonchev–Trinajstić information content (AvgIpc) is 2.54. The molecule has 0 aromatic heterocycles. The molecule has 1 aromatic rings. The molecule has 0 saturated carbocycles. The number of amidine groups is 1. The zero-order valence-electron chi connectivity index (χ0n) is 12.2. The fourth-order valence-electron chi connectivity index (χ4n) is 2.38. The third-order valence-electron chi connectivity index (χ3n) is 3.81. The largest absolute Gasteiger partial charge is 0.409 e. The number of rotatable bonds is 4. The molecule has 4 N–H and O–H groups in total. The molecule has 1 atom stereocenters. The smallest absolute Gasteiger partial charge is 0.234 e. The van der Waals surface area contributed by atoms with Gasteiger partial charge in [0.05, 0.1) is 5.92 Å². The van der Waals surface area contributed by atoms with Gasteiger partial charge in [-0.2, -0.15) is 0 Å². The van der Waals surface area contributed by atoms with Gasteiger partial charge in [0.25, 0.3) is 0 Å². The van der Waals surface area contributed by atoms with E-state index in [1.807, 2.05) is 24.3 Å². The van der Waals surface area contributed by atoms with Crippen LogP contribution in [0, 0.1) is 5.92 Å². The van der Waals surface area contributed by atoms with E-state index in [0.717, 1.165) is 13.1 Å². The van der Waals surface area contributed by atoms with Crippen molar-refractivity contribution in [2.24, 2.45) is 16.8 Å². The van der Waals surface area contributed by atoms with Crippen LogP contribution in [0.15, 0.2) is 29.4 Å². The number of carbonyl (C=O) groups excluding carboxylic acids is 1. The molecule has 2 rings (SSSR count). The van der Waals surface area contributed by atoms with Gasteiger partial charge in [-0.25, -0.2) is 0 Å². The fourth-order valence-corrected chi connectivity index (χ4v) is 2.38. The summed E-state index contributed by atoms with van der Waals surface area (Å²) in [6.07, 6.45) is 3.77. The van der Waals surface area contributed by atoms with Gasteiger partial charge in [0.2, 0.25) is 5.91 Å². The number of nitrogens with zero attached hydrogens (tertiary/aromatic N) is 2. The number of nitrogens with two attached hydrogens (primary N) is 1. The van der Waals surface area contributed by atoms with E-state index < -0.39 is 5.92 Å². The summed E-state index contributed by atoms with van der Waals surface area (Å²) in [4.78, 5) is 14.3. The summed E-state index contributed by atoms with van der Waals surface area (Å²) in [5.74, 6) is -1.06. The third-order valence-corrected chi connectivity index (χ3v) is 3.81. The molecule has 1 saturated heterocycles. The number of piperidine rings is 1. The Hall–Kier alpha value is -2.24. The second-order valence-corrected chi connectivity index (χ2v) is 5.33. The van der Waals surface area contributed by atoms with Crippen LogP contribution >= 0.6 is 0 Å². The summed E-state index contributed by atoms with van der Waals surface area (Å²) in [5, 5.41) is 14.2. The lowest BCUT2D eigenvalue weighted by molar-refractivity contribution is -0.117. The van der Waals surface area contributed by atoms with Crippen LogP contribution in [0.25, 0.3) is 0 Å². The maximum atomic E-state index is 11.9. The standard InChI is InChI=1S/C15H22N4O2/c1-11(14(16)18-21)15(20)17-12-5-7-13(8-6-12)19-9-3-2-4-10-19/h5-8,11,21H,2-4,9-10H2,1H3,(H2,16,18)(H,17,20). The van der Waals surface area contributed by atoms with Crippen LogP contribution < -0.4 is 16.0 Å². The highest BCUT2D eigenvalue weighted by Gasteiger charge is 2.17. The number of hydrogen-bond acceptors (Lipinski definition) is 4. The molecule has 1 unspecified atom stereocenters. The van der Waals surface area contributed by atoms with Crippen molar-refractivity contribution in [2.45, 2.75) is 26.2 Å². The molecule has 1 fully saturated rings. The van der Waals surface area contributed by atoms with Crippen molar-refractivity contribution in [3.8, 4) is 0 Å². The van der Waals surface area contributed by atoms with Crippen molar-refractivity contribution < 1.29 is 10.0 Å². The molecule has 1 heterocycles. The molecule has 1 aromatic carbocycles. The fraction of sp³-hybridized carbons (Fsp3) is 0.467. The van der Waals surface area contributed by atoms with Crippen molar-refractivity contribution >= 4 is 23.1 Å². The lowest BCUT2D eigenvalue weighted by Crippen LogP contribution is -2.32. The van der Waals surface area contributed by atoms with Crippen molar-refractivity contribution in [3.05, 3.63) is 24.3 Å². The molecular formula is C15H22N4O2. The minimum atomic E-state index is -0.670. The molecule has 21 heavy (non-hydrogen) atoms. The normalized spacial score (nSPS) is 17.4. The van der Waals surface area contributed by atoms with Gasteiger partial charge in [-0.15, -0.1) is 0 Å². The summed E-state index contributed by atoms with van der Waals surface area (Å²) in [5.41, 5.74) is 7.31. The molecule has 6 heteroatoms. The molecule has 6 nitrogen and oxygen atoms in total. The van der Waals surface area contributed by atoms with Crippen molar-refractivity contribution in [1.29, 1.82) is 0 Å². The van der Waals surface area contributed by atoms with E-state index in [2.05, 4.69) is 15.4 Å². The Bertz CT molecular complexity index is 507. The monoisotopic (exact) mass is 290 g/mol. The van der Waals surface area contributed by atoms with E-state index in [1.54, 1.807) is 6.92 Å². The number of carbonyl (C=O) groups is 1. The summed E-state index contributed by atoms with van der Waals surface area (Å²) in [7, 11) is 0. The number of oxime groups is 1. The van der Waals surface area contributed by atoms with Gasteiger partial charge in [0.15, 0.2) is 5.84 Å². The highest BCUT2D eigenvalue weighted by Crippen LogP contribution is 2.22. The number of benzene rings is 1. The lowest BCUT2D eigenvalue weighted by atomic mass is 10.1. The van der Waals surface area contributed by atoms with Crippen LogP contribution in [0.5, 0.6) is 0 Å². The van der Waals surface area contributed by atoms with Crippen LogP contribution in [0.3, 0.4) is 0 Å². The quantitative estimate of drug-likeness (QED) is 0.342. The number of amides is 1. The topological polar surface area (TPSA) is 91.0 Å². The summed E-state index contributed by atoms with van der Waals surface area (Å²) < 4.78 is 0. The van der Waals surface area contributed by atoms with E-state index in [9.17, 15) is 4.79 Å². The second kappa shape index (κ2) is 6.97. The Morgan fingerprint density at radius 2 is 1.90 bits per heavy atom. The predicted molar refractivity (Wildman–Crippen MR) is 83.7 cm³/mol. The summed E-state index contributed by atoms with van der Waals surface area (Å²) >= 11 is 0. The van der Waals surface area contributed by atoms with E-state index in [0.29, 0.717) is 5.69 Å². The van der Waals surface area contributed by atoms with Crippen LogP contribution in [-0.4, -0.2) is 30.0 Å². The van der Waals surface area contributed by atoms with Crippen LogP contribution in [-0.2, 0) is 4.79 Å². The molecular weight excluding hydrogens is 268 g/mol. The first kappa shape index (κ1) is 15.2. The minimum Gasteiger partial charge on any atom is -0.409 e. The molecule has 114 valence electrons. The Balaban J connectivity index is 1.97. The molecule has 1 aliphatic heterocycles. The van der Waals surface area contributed by atoms with Gasteiger partial charge >= 0.3 is 0 Å². The number of nitrogens with one attached hydrogen (secondary N) is 1. The van der Waals surface area contributed by atoms with Gasteiger partial charge in [-0.1, -0.05) is 5.16 Å². The van der Waals surface area contributed by atoms with E-state index in [1.165, 1.54) is 24.9 Å². The first-order chi connectivity index (χ1) is 10.1. The molecule has 1 aliphatic rings. The maximum Gasteiger partial charge on any atom is 0.234 e. The summed E-state index contributed by atoms with van der Waals surface area (Å²) in [6, 6.07) is 7.77. The van der Waals surface area contributed by atoms with E-state index >= 15 is 0 Å². The maximum absolute atomic E-state index is 11.9. The predicted octanol–water partition coefficient (Wildman–Crippen LogP) is 2.00. The summed E-state index contributed by atoms with van der Waals surface area (Å²) in [6.45, 7) is 3.77. The van der Waals surface area contributed by atoms with Gasteiger partial charge in [0, 0.05) is 24.5 Å². The van der Waals surface area contributed by atoms with Gasteiger partial charge in [-0.3, -0.25) is 4.79 Å². The molecule has 0 radical (unpaired) electrons. The molecule has 0 aliphatic carbocycles. The first-order valence-electron chi connectivity index (χ1n) is 7.25. The Morgan fingerprint density at radius 1 is 1.29 bits per heavy atom. The van der Waals surface area contributed by atoms with Crippen molar-refractivity contribution in [2.75, 3.05) is 23.3 Å². The Kier molecular flexibility index (Phi) is 5.03. The highest BCUT2D eigenvalue weighted by molar-refractivity contribution is 6.07. The highest BCUT2D eigenvalue weighted by atomic mass is 16.4. The first-order valence-corrected chi connectivity index (χ1v) is 7.25. The van der Waals surface area contributed by atoms with Crippen LogP contribution in [0.2, 0.25) is 0 Å². The second-order valence-electron chi connectivity index (χ2n) is 5.33. The zero-order chi connectivity index (χ0) is 15.2.